The minimum atomic E-state index is -0.158. The number of aryl methyl sites for hydroxylation is 2. The number of azide groups is 1. The van der Waals surface area contributed by atoms with Crippen molar-refractivity contribution >= 4 is 76.9 Å². The first-order valence-electron chi connectivity index (χ1n) is 36.4. The maximum absolute atomic E-state index is 13.8. The second-order valence-electron chi connectivity index (χ2n) is 28.5. The monoisotopic (exact) mass is 1450 g/mol. The van der Waals surface area contributed by atoms with Gasteiger partial charge in [0, 0.05) is 85.9 Å². The van der Waals surface area contributed by atoms with Gasteiger partial charge >= 0.3 is 0 Å². The SMILES string of the molecule is COc1cc2c(cc1OCc1cc(COc3cc4c(cc3C)C(=O)N3Cc5ccccc5C[C@H]3C=N4)cc(N=[N+]=[N-])c1)N=C[C@@H]1Cc3ccccc3CN1C2=O.COc1cc2c(cc1OCc1cccc(COc3cc4c(cc3C)C(=O)N3Cc5ccccc5C[C@H]3C=N4)c1)N=C[C@@H]1Cc3ccccc3CN1C2=O. The highest BCUT2D eigenvalue weighted by molar-refractivity contribution is 6.06. The topological polar surface area (TPSA) is 235 Å². The molecular weight excluding hydrogens is 1370 g/mol. The number of nitrogens with zero attached hydrogens (tertiary/aromatic N) is 11. The third-order valence-corrected chi connectivity index (χ3v) is 21.6. The van der Waals surface area contributed by atoms with E-state index in [1.807, 2.05) is 161 Å². The third-order valence-electron chi connectivity index (χ3n) is 21.6. The van der Waals surface area contributed by atoms with Crippen LogP contribution < -0.4 is 28.4 Å². The van der Waals surface area contributed by atoms with Crippen molar-refractivity contribution in [1.29, 1.82) is 0 Å². The number of aliphatic imine (C=N–C) groups is 4. The quantitative estimate of drug-likeness (QED) is 0.0534. The van der Waals surface area contributed by atoms with Gasteiger partial charge in [-0.15, -0.1) is 0 Å². The van der Waals surface area contributed by atoms with Crippen LogP contribution >= 0.6 is 0 Å². The summed E-state index contributed by atoms with van der Waals surface area (Å²) in [6, 6.07) is 60.3. The molecule has 4 amide bonds. The Kier molecular flexibility index (Phi) is 18.5. The minimum Gasteiger partial charge on any atom is -0.493 e. The zero-order valence-corrected chi connectivity index (χ0v) is 60.5. The lowest BCUT2D eigenvalue weighted by molar-refractivity contribution is 0.0696. The first kappa shape index (κ1) is 68.9. The molecule has 10 aromatic carbocycles. The van der Waals surface area contributed by atoms with Crippen molar-refractivity contribution in [2.24, 2.45) is 25.1 Å². The van der Waals surface area contributed by atoms with Gasteiger partial charge in [0.05, 0.1) is 83.4 Å². The highest BCUT2D eigenvalue weighted by Gasteiger charge is 2.38. The van der Waals surface area contributed by atoms with Crippen molar-refractivity contribution < 1.29 is 47.6 Å². The van der Waals surface area contributed by atoms with Gasteiger partial charge < -0.3 is 48.0 Å². The number of benzene rings is 10. The first-order valence-corrected chi connectivity index (χ1v) is 36.4. The fourth-order valence-corrected chi connectivity index (χ4v) is 15.8. The number of hydrogen-bond donors (Lipinski definition) is 0. The number of carbonyl (C=O) groups excluding carboxylic acids is 4. The van der Waals surface area contributed by atoms with E-state index in [0.717, 1.165) is 69.3 Å². The number of hydrogen-bond acceptors (Lipinski definition) is 15. The summed E-state index contributed by atoms with van der Waals surface area (Å²) < 4.78 is 36.6. The molecule has 0 N–H and O–H groups in total. The normalized spacial score (nSPS) is 17.8. The van der Waals surface area contributed by atoms with Crippen molar-refractivity contribution in [1.82, 2.24) is 19.6 Å². The van der Waals surface area contributed by atoms with Crippen molar-refractivity contribution in [3.05, 3.63) is 299 Å². The van der Waals surface area contributed by atoms with Crippen LogP contribution in [0.3, 0.4) is 0 Å². The van der Waals surface area contributed by atoms with E-state index in [1.54, 1.807) is 43.5 Å². The van der Waals surface area contributed by atoms with E-state index in [4.69, 9.17) is 48.4 Å². The predicted molar refractivity (Wildman–Crippen MR) is 415 cm³/mol. The summed E-state index contributed by atoms with van der Waals surface area (Å²) in [6.45, 7) is 6.90. The second-order valence-corrected chi connectivity index (χ2v) is 28.5. The molecule has 0 spiro atoms. The largest absolute Gasteiger partial charge is 0.493 e. The average Bonchev–Trinajstić information content (AvgIpc) is 1.71. The number of ether oxygens (including phenoxy) is 6. The molecule has 0 saturated carbocycles. The van der Waals surface area contributed by atoms with Crippen LogP contribution in [0.4, 0.5) is 28.4 Å². The van der Waals surface area contributed by atoms with Crippen LogP contribution in [0.2, 0.25) is 0 Å². The molecule has 0 saturated heterocycles. The Balaban J connectivity index is 0.000000160. The van der Waals surface area contributed by atoms with Gasteiger partial charge in [-0.3, -0.25) is 39.1 Å². The Morgan fingerprint density at radius 3 is 0.982 bits per heavy atom. The van der Waals surface area contributed by atoms with Gasteiger partial charge in [0.2, 0.25) is 0 Å². The van der Waals surface area contributed by atoms with Crippen LogP contribution in [0.25, 0.3) is 10.4 Å². The van der Waals surface area contributed by atoms with Gasteiger partial charge in [-0.1, -0.05) is 120 Å². The summed E-state index contributed by atoms with van der Waals surface area (Å²) in [5, 5.41) is 3.87. The number of methoxy groups -OCH3 is 2. The lowest BCUT2D eigenvalue weighted by Gasteiger charge is -2.34. The van der Waals surface area contributed by atoms with Gasteiger partial charge in [0.15, 0.2) is 23.0 Å². The molecule has 0 fully saturated rings. The molecule has 4 atom stereocenters. The van der Waals surface area contributed by atoms with Gasteiger partial charge in [0.25, 0.3) is 23.6 Å². The molecule has 8 aliphatic heterocycles. The van der Waals surface area contributed by atoms with Crippen molar-refractivity contribution in [2.45, 2.75) is 116 Å². The maximum Gasteiger partial charge on any atom is 0.257 e. The molecule has 0 aliphatic carbocycles. The lowest BCUT2D eigenvalue weighted by atomic mass is 9.94. The maximum atomic E-state index is 13.8. The second kappa shape index (κ2) is 29.3. The summed E-state index contributed by atoms with van der Waals surface area (Å²) in [4.78, 5) is 84.7. The van der Waals surface area contributed by atoms with Crippen molar-refractivity contribution in [3.8, 4) is 34.5 Å². The van der Waals surface area contributed by atoms with Crippen LogP contribution in [0.1, 0.15) is 119 Å². The van der Waals surface area contributed by atoms with E-state index in [-0.39, 0.29) is 67.6 Å². The van der Waals surface area contributed by atoms with Crippen molar-refractivity contribution in [3.63, 3.8) is 0 Å². The van der Waals surface area contributed by atoms with E-state index in [0.29, 0.717) is 124 Å². The zero-order valence-electron chi connectivity index (χ0n) is 60.5. The van der Waals surface area contributed by atoms with E-state index in [1.165, 1.54) is 34.9 Å². The van der Waals surface area contributed by atoms with E-state index >= 15 is 0 Å². The van der Waals surface area contributed by atoms with E-state index in [2.05, 4.69) is 58.6 Å². The summed E-state index contributed by atoms with van der Waals surface area (Å²) in [5.74, 6) is 2.84. The van der Waals surface area contributed by atoms with Gasteiger partial charge in [-0.25, -0.2) is 0 Å². The molecule has 0 unspecified atom stereocenters. The van der Waals surface area contributed by atoms with Crippen LogP contribution in [0, 0.1) is 13.8 Å². The fourth-order valence-electron chi connectivity index (χ4n) is 15.8. The van der Waals surface area contributed by atoms with Crippen LogP contribution in [0.15, 0.2) is 213 Å². The molecule has 0 radical (unpaired) electrons. The average molecular weight is 1450 g/mol. The summed E-state index contributed by atoms with van der Waals surface area (Å²) in [7, 11) is 3.11. The van der Waals surface area contributed by atoms with E-state index < -0.39 is 0 Å². The molecule has 8 aliphatic rings. The Morgan fingerprint density at radius 1 is 0.358 bits per heavy atom. The summed E-state index contributed by atoms with van der Waals surface area (Å²) in [5.41, 5.74) is 28.7. The molecule has 109 heavy (non-hydrogen) atoms. The number of fused-ring (bicyclic) bond motifs is 12. The molecule has 8 heterocycles. The number of rotatable bonds is 15. The van der Waals surface area contributed by atoms with Crippen LogP contribution in [0.5, 0.6) is 34.5 Å². The highest BCUT2D eigenvalue weighted by atomic mass is 16.5. The Bertz CT molecular complexity index is 5570. The summed E-state index contributed by atoms with van der Waals surface area (Å²) >= 11 is 0. The fraction of sp³-hybridized carbons (Fsp3) is 0.227. The Hall–Kier alpha value is -13.1. The van der Waals surface area contributed by atoms with Crippen molar-refractivity contribution in [2.75, 3.05) is 14.2 Å². The zero-order chi connectivity index (χ0) is 74.4. The molecule has 0 bridgehead atoms. The number of amides is 4. The summed E-state index contributed by atoms with van der Waals surface area (Å²) in [6.07, 6.45) is 10.4. The molecule has 21 nitrogen and oxygen atoms in total. The Labute approximate surface area is 629 Å². The lowest BCUT2D eigenvalue weighted by Crippen LogP contribution is -2.44. The molecule has 10 aromatic rings. The minimum absolute atomic E-state index is 0.00867. The highest BCUT2D eigenvalue weighted by Crippen LogP contribution is 2.43. The first-order chi connectivity index (χ1) is 53.3. The van der Waals surface area contributed by atoms with Gasteiger partial charge in [-0.2, -0.15) is 0 Å². The molecule has 542 valence electrons. The van der Waals surface area contributed by atoms with Gasteiger partial charge in [0.1, 0.15) is 37.9 Å². The molecule has 0 aromatic heterocycles. The molecular formula is C88H75N11O10. The molecule has 21 heteroatoms. The van der Waals surface area contributed by atoms with Crippen LogP contribution in [-0.2, 0) is 78.3 Å². The Morgan fingerprint density at radius 2 is 0.651 bits per heavy atom. The van der Waals surface area contributed by atoms with Crippen LogP contribution in [-0.4, -0.2) is 106 Å². The van der Waals surface area contributed by atoms with Gasteiger partial charge in [-0.05, 0) is 171 Å². The standard InChI is InChI=1S/C44H37N7O5.C44H38N4O5/c1-26-11-36-38(46-20-34-15-29-7-3-5-9-31(29)22-50(34)43(36)52)18-40(26)55-24-27-12-28(14-33(13-27)48-49-45)25-56-42-19-39-37(17-41(42)54-2)44(53)51-23-32-10-6-4-8-30(32)16-35(51)21-47-39;1-27-14-36-38(45-21-34-16-30-10-3-5-12-32(30)23-47(34)43(36)49)19-40(27)52-25-28-8-7-9-29(15-28)26-53-42-20-39-37(18-41(42)51-2)44(50)48-24-33-13-6-4-11-31(33)17-35(48)22-46-39/h3-14,17-21,34-35H,15-16,22-25H2,1-2H3;3-15,18-22,34-35H,16-17,23-26H2,1-2H3/t2*34-,35-/m00/s1. The molecule has 18 rings (SSSR count). The third kappa shape index (κ3) is 13.8. The smallest absolute Gasteiger partial charge is 0.257 e. The predicted octanol–water partition coefficient (Wildman–Crippen LogP) is 16.4. The van der Waals surface area contributed by atoms with E-state index in [9.17, 15) is 24.7 Å². The number of carbonyl (C=O) groups is 4.